The van der Waals surface area contributed by atoms with Crippen LogP contribution in [-0.2, 0) is 4.79 Å². The second-order valence-electron chi connectivity index (χ2n) is 9.61. The first-order chi connectivity index (χ1) is 13.6. The van der Waals surface area contributed by atoms with E-state index in [0.717, 1.165) is 42.6 Å². The van der Waals surface area contributed by atoms with Gasteiger partial charge in [-0.15, -0.1) is 0 Å². The quantitative estimate of drug-likeness (QED) is 0.801. The van der Waals surface area contributed by atoms with Gasteiger partial charge in [0.25, 0.3) is 0 Å². The summed E-state index contributed by atoms with van der Waals surface area (Å²) in [4.78, 5) is 17.7. The second-order valence-corrected chi connectivity index (χ2v) is 9.61. The Hall–Kier alpha value is -1.93. The Balaban J connectivity index is 1.25. The lowest BCUT2D eigenvalue weighted by Gasteiger charge is -2.57. The van der Waals surface area contributed by atoms with Crippen LogP contribution in [0.1, 0.15) is 50.1 Å². The number of halogens is 1. The Kier molecular flexibility index (Phi) is 4.43. The van der Waals surface area contributed by atoms with Gasteiger partial charge in [0.1, 0.15) is 11.9 Å². The molecule has 0 aromatic heterocycles. The van der Waals surface area contributed by atoms with Crippen molar-refractivity contribution in [2.24, 2.45) is 23.2 Å². The number of hydrogen-bond acceptors (Lipinski definition) is 3. The Labute approximate surface area is 166 Å². The molecule has 28 heavy (non-hydrogen) atoms. The van der Waals surface area contributed by atoms with Gasteiger partial charge in [0.05, 0.1) is 11.5 Å². The van der Waals surface area contributed by atoms with Gasteiger partial charge in [-0.25, -0.2) is 4.39 Å². The van der Waals surface area contributed by atoms with E-state index in [9.17, 15) is 14.4 Å². The number of carbonyl (C=O) groups excluding carboxylic acids is 1. The largest absolute Gasteiger partial charge is 0.340 e. The fourth-order valence-electron chi connectivity index (χ4n) is 6.90. The summed E-state index contributed by atoms with van der Waals surface area (Å²) in [6.07, 6.45) is 7.36. The number of benzene rings is 1. The zero-order valence-corrected chi connectivity index (χ0v) is 16.3. The second kappa shape index (κ2) is 6.84. The van der Waals surface area contributed by atoms with Crippen LogP contribution in [0.25, 0.3) is 0 Å². The molecule has 1 aromatic carbocycles. The zero-order chi connectivity index (χ0) is 19.3. The van der Waals surface area contributed by atoms with E-state index in [0.29, 0.717) is 32.1 Å². The third kappa shape index (κ3) is 3.03. The van der Waals surface area contributed by atoms with E-state index in [1.165, 1.54) is 31.4 Å². The average Bonchev–Trinajstić information content (AvgIpc) is 2.69. The molecule has 1 aromatic rings. The number of rotatable bonds is 3. The Bertz CT molecular complexity index is 756. The monoisotopic (exact) mass is 381 g/mol. The van der Waals surface area contributed by atoms with Gasteiger partial charge in [-0.1, -0.05) is 12.1 Å². The van der Waals surface area contributed by atoms with Crippen LogP contribution in [0, 0.1) is 40.3 Å². The smallest absolute Gasteiger partial charge is 0.228 e. The van der Waals surface area contributed by atoms with Gasteiger partial charge in [0.15, 0.2) is 0 Å². The molecule has 1 saturated heterocycles. The molecule has 1 heterocycles. The molecule has 0 N–H and O–H groups in total. The maximum atomic E-state index is 13.5. The van der Waals surface area contributed by atoms with E-state index < -0.39 is 0 Å². The first-order valence-electron chi connectivity index (χ1n) is 10.7. The van der Waals surface area contributed by atoms with Gasteiger partial charge in [-0.05, 0) is 74.0 Å². The molecule has 5 aliphatic rings. The van der Waals surface area contributed by atoms with Crippen LogP contribution in [0.2, 0.25) is 0 Å². The van der Waals surface area contributed by atoms with E-state index in [2.05, 4.69) is 15.9 Å². The van der Waals surface area contributed by atoms with Crippen LogP contribution in [0.5, 0.6) is 0 Å². The molecule has 1 aliphatic heterocycles. The van der Waals surface area contributed by atoms with Crippen molar-refractivity contribution < 1.29 is 9.18 Å². The summed E-state index contributed by atoms with van der Waals surface area (Å²) in [6, 6.07) is 8.18. The SMILES string of the molecule is N#CC(c1ccc(F)cc1)N1CCN(C(=O)C23CC4CC(CC(C4)C2)C3)CC1. The lowest BCUT2D eigenvalue weighted by atomic mass is 9.49. The predicted molar refractivity (Wildman–Crippen MR) is 104 cm³/mol. The molecule has 1 unspecified atom stereocenters. The summed E-state index contributed by atoms with van der Waals surface area (Å²) < 4.78 is 13.2. The average molecular weight is 381 g/mol. The minimum Gasteiger partial charge on any atom is -0.340 e. The molecule has 4 nitrogen and oxygen atoms in total. The van der Waals surface area contributed by atoms with E-state index in [1.54, 1.807) is 12.1 Å². The number of nitriles is 1. The van der Waals surface area contributed by atoms with Crippen LogP contribution < -0.4 is 0 Å². The predicted octanol–water partition coefficient (Wildman–Crippen LogP) is 3.75. The van der Waals surface area contributed by atoms with Crippen molar-refractivity contribution in [1.29, 1.82) is 5.26 Å². The highest BCUT2D eigenvalue weighted by molar-refractivity contribution is 5.83. The van der Waals surface area contributed by atoms with E-state index in [-0.39, 0.29) is 17.3 Å². The number of piperazine rings is 1. The topological polar surface area (TPSA) is 47.3 Å². The summed E-state index contributed by atoms with van der Waals surface area (Å²) >= 11 is 0. The molecular formula is C23H28FN3O. The summed E-state index contributed by atoms with van der Waals surface area (Å²) in [5.74, 6) is 2.43. The van der Waals surface area contributed by atoms with Crippen LogP contribution in [0.3, 0.4) is 0 Å². The van der Waals surface area contributed by atoms with E-state index in [4.69, 9.17) is 0 Å². The summed E-state index contributed by atoms with van der Waals surface area (Å²) in [7, 11) is 0. The third-order valence-electron chi connectivity index (χ3n) is 7.77. The number of nitrogens with zero attached hydrogens (tertiary/aromatic N) is 3. The highest BCUT2D eigenvalue weighted by Crippen LogP contribution is 2.60. The van der Waals surface area contributed by atoms with Crippen molar-refractivity contribution in [3.63, 3.8) is 0 Å². The molecule has 1 amide bonds. The lowest BCUT2D eigenvalue weighted by molar-refractivity contribution is -0.159. The molecule has 4 saturated carbocycles. The van der Waals surface area contributed by atoms with Crippen molar-refractivity contribution in [3.05, 3.63) is 35.6 Å². The van der Waals surface area contributed by atoms with Gasteiger partial charge in [-0.3, -0.25) is 9.69 Å². The number of amides is 1. The number of hydrogen-bond donors (Lipinski definition) is 0. The highest BCUT2D eigenvalue weighted by Gasteiger charge is 2.55. The summed E-state index contributed by atoms with van der Waals surface area (Å²) in [5.41, 5.74) is 0.743. The Morgan fingerprint density at radius 1 is 1.00 bits per heavy atom. The molecule has 4 aliphatic carbocycles. The molecule has 0 spiro atoms. The van der Waals surface area contributed by atoms with Gasteiger partial charge in [0, 0.05) is 26.2 Å². The Morgan fingerprint density at radius 2 is 1.54 bits per heavy atom. The fraction of sp³-hybridized carbons (Fsp3) is 0.652. The standard InChI is InChI=1S/C23H28FN3O/c24-20-3-1-19(2-4-20)21(15-25)26-5-7-27(8-6-26)22(28)23-12-16-9-17(13-23)11-18(10-16)14-23/h1-4,16-18,21H,5-14H2. The van der Waals surface area contributed by atoms with Crippen LogP contribution in [0.15, 0.2) is 24.3 Å². The number of carbonyl (C=O) groups is 1. The van der Waals surface area contributed by atoms with Crippen molar-refractivity contribution in [3.8, 4) is 6.07 Å². The Morgan fingerprint density at radius 3 is 2.04 bits per heavy atom. The fourth-order valence-corrected chi connectivity index (χ4v) is 6.90. The van der Waals surface area contributed by atoms with Crippen molar-refractivity contribution in [2.75, 3.05) is 26.2 Å². The molecule has 148 valence electrons. The van der Waals surface area contributed by atoms with Crippen LogP contribution in [-0.4, -0.2) is 41.9 Å². The molecule has 6 rings (SSSR count). The van der Waals surface area contributed by atoms with Crippen molar-refractivity contribution in [1.82, 2.24) is 9.80 Å². The maximum Gasteiger partial charge on any atom is 0.228 e. The van der Waals surface area contributed by atoms with Gasteiger partial charge in [-0.2, -0.15) is 5.26 Å². The molecule has 4 bridgehead atoms. The highest BCUT2D eigenvalue weighted by atomic mass is 19.1. The van der Waals surface area contributed by atoms with Crippen molar-refractivity contribution in [2.45, 2.75) is 44.6 Å². The van der Waals surface area contributed by atoms with Gasteiger partial charge in [0.2, 0.25) is 5.91 Å². The van der Waals surface area contributed by atoms with Crippen LogP contribution in [0.4, 0.5) is 4.39 Å². The molecule has 0 radical (unpaired) electrons. The normalized spacial score (nSPS) is 35.6. The zero-order valence-electron chi connectivity index (χ0n) is 16.3. The third-order valence-corrected chi connectivity index (χ3v) is 7.77. The van der Waals surface area contributed by atoms with Gasteiger partial charge < -0.3 is 4.90 Å². The van der Waals surface area contributed by atoms with E-state index >= 15 is 0 Å². The molecular weight excluding hydrogens is 353 g/mol. The van der Waals surface area contributed by atoms with Gasteiger partial charge >= 0.3 is 0 Å². The first kappa shape index (κ1) is 18.1. The molecule has 5 heteroatoms. The lowest BCUT2D eigenvalue weighted by Crippen LogP contribution is -2.58. The summed E-state index contributed by atoms with van der Waals surface area (Å²) in [5, 5.41) is 9.66. The maximum absolute atomic E-state index is 13.5. The van der Waals surface area contributed by atoms with Crippen LogP contribution >= 0.6 is 0 Å². The molecule has 1 atom stereocenters. The summed E-state index contributed by atoms with van der Waals surface area (Å²) in [6.45, 7) is 2.79. The van der Waals surface area contributed by atoms with Crippen molar-refractivity contribution >= 4 is 5.91 Å². The minimum atomic E-state index is -0.377. The molecule has 5 fully saturated rings. The minimum absolute atomic E-state index is 0.0808. The first-order valence-corrected chi connectivity index (χ1v) is 10.7. The van der Waals surface area contributed by atoms with E-state index in [1.807, 2.05) is 0 Å².